The van der Waals surface area contributed by atoms with Gasteiger partial charge in [0.1, 0.15) is 5.82 Å². The predicted molar refractivity (Wildman–Crippen MR) is 73.1 cm³/mol. The second-order valence-corrected chi connectivity index (χ2v) is 5.89. The van der Waals surface area contributed by atoms with Gasteiger partial charge in [-0.1, -0.05) is 0 Å². The Hall–Kier alpha value is -2.48. The van der Waals surface area contributed by atoms with Gasteiger partial charge in [0.25, 0.3) is 10.0 Å². The van der Waals surface area contributed by atoms with Crippen LogP contribution in [0.15, 0.2) is 41.6 Å². The zero-order valence-electron chi connectivity index (χ0n) is 10.9. The molecule has 0 atom stereocenters. The van der Waals surface area contributed by atoms with E-state index in [0.29, 0.717) is 0 Å². The standard InChI is InChI=1S/C13H11FN2O4S/c1-8-6-9(14)2-3-12(8)21(19,20)16-11-7-15-5-4-10(11)13(17)18/h2-7,16H,1H3,(H,17,18). The van der Waals surface area contributed by atoms with Gasteiger partial charge in [-0.25, -0.2) is 17.6 Å². The van der Waals surface area contributed by atoms with Gasteiger partial charge >= 0.3 is 5.97 Å². The number of pyridine rings is 1. The first kappa shape index (κ1) is 14.9. The number of aryl methyl sites for hydroxylation is 1. The second kappa shape index (κ2) is 5.49. The minimum absolute atomic E-state index is 0.135. The number of benzene rings is 1. The molecular formula is C13H11FN2O4S. The fourth-order valence-electron chi connectivity index (χ4n) is 1.78. The van der Waals surface area contributed by atoms with Crippen molar-refractivity contribution < 1.29 is 22.7 Å². The van der Waals surface area contributed by atoms with E-state index in [9.17, 15) is 17.6 Å². The van der Waals surface area contributed by atoms with Gasteiger partial charge in [-0.3, -0.25) is 9.71 Å². The van der Waals surface area contributed by atoms with E-state index in [2.05, 4.69) is 9.71 Å². The van der Waals surface area contributed by atoms with Gasteiger partial charge in [0.05, 0.1) is 22.3 Å². The monoisotopic (exact) mass is 310 g/mol. The molecule has 0 aliphatic heterocycles. The first-order valence-electron chi connectivity index (χ1n) is 5.77. The summed E-state index contributed by atoms with van der Waals surface area (Å²) < 4.78 is 39.7. The highest BCUT2D eigenvalue weighted by atomic mass is 32.2. The highest BCUT2D eigenvalue weighted by Gasteiger charge is 2.20. The molecule has 1 aromatic heterocycles. The average molecular weight is 310 g/mol. The van der Waals surface area contributed by atoms with Crippen LogP contribution in [-0.4, -0.2) is 24.5 Å². The molecule has 2 aromatic rings. The maximum atomic E-state index is 13.0. The molecule has 0 spiro atoms. The summed E-state index contributed by atoms with van der Waals surface area (Å²) in [6, 6.07) is 4.39. The predicted octanol–water partition coefficient (Wildman–Crippen LogP) is 2.03. The lowest BCUT2D eigenvalue weighted by atomic mass is 10.2. The number of rotatable bonds is 4. The molecule has 0 unspecified atom stereocenters. The molecule has 0 fully saturated rings. The highest BCUT2D eigenvalue weighted by molar-refractivity contribution is 7.92. The van der Waals surface area contributed by atoms with E-state index in [1.807, 2.05) is 0 Å². The zero-order chi connectivity index (χ0) is 15.6. The number of carboxylic acids is 1. The highest BCUT2D eigenvalue weighted by Crippen LogP contribution is 2.22. The van der Waals surface area contributed by atoms with Crippen LogP contribution in [0.25, 0.3) is 0 Å². The third-order valence-electron chi connectivity index (χ3n) is 2.72. The summed E-state index contributed by atoms with van der Waals surface area (Å²) in [5.74, 6) is -1.84. The number of nitrogens with one attached hydrogen (secondary N) is 1. The molecule has 0 saturated carbocycles. The topological polar surface area (TPSA) is 96.4 Å². The van der Waals surface area contributed by atoms with Crippen LogP contribution in [0.2, 0.25) is 0 Å². The number of carboxylic acid groups (broad SMARTS) is 1. The normalized spacial score (nSPS) is 11.1. The Kier molecular flexibility index (Phi) is 3.90. The lowest BCUT2D eigenvalue weighted by Gasteiger charge is -2.11. The number of aromatic nitrogens is 1. The van der Waals surface area contributed by atoms with E-state index in [4.69, 9.17) is 5.11 Å². The molecule has 6 nitrogen and oxygen atoms in total. The first-order chi connectivity index (χ1) is 9.81. The Labute approximate surface area is 120 Å². The Morgan fingerprint density at radius 3 is 2.67 bits per heavy atom. The molecule has 0 aliphatic rings. The van der Waals surface area contributed by atoms with Crippen LogP contribution in [0.1, 0.15) is 15.9 Å². The van der Waals surface area contributed by atoms with Crippen molar-refractivity contribution in [2.24, 2.45) is 0 Å². The van der Waals surface area contributed by atoms with Crippen molar-refractivity contribution in [2.45, 2.75) is 11.8 Å². The first-order valence-corrected chi connectivity index (χ1v) is 7.26. The van der Waals surface area contributed by atoms with E-state index < -0.39 is 21.8 Å². The van der Waals surface area contributed by atoms with Crippen LogP contribution in [0.3, 0.4) is 0 Å². The van der Waals surface area contributed by atoms with Gasteiger partial charge in [-0.15, -0.1) is 0 Å². The number of hydrogen-bond donors (Lipinski definition) is 2. The van der Waals surface area contributed by atoms with Crippen molar-refractivity contribution in [3.05, 3.63) is 53.6 Å². The Morgan fingerprint density at radius 2 is 2.05 bits per heavy atom. The van der Waals surface area contributed by atoms with E-state index in [-0.39, 0.29) is 21.7 Å². The molecule has 1 aromatic carbocycles. The fraction of sp³-hybridized carbons (Fsp3) is 0.0769. The molecule has 0 bridgehead atoms. The minimum atomic E-state index is -4.04. The van der Waals surface area contributed by atoms with Crippen molar-refractivity contribution in [3.63, 3.8) is 0 Å². The molecule has 8 heteroatoms. The SMILES string of the molecule is Cc1cc(F)ccc1S(=O)(=O)Nc1cnccc1C(=O)O. The summed E-state index contributed by atoms with van der Waals surface area (Å²) in [7, 11) is -4.04. The zero-order valence-corrected chi connectivity index (χ0v) is 11.7. The molecule has 0 radical (unpaired) electrons. The van der Waals surface area contributed by atoms with Crippen molar-refractivity contribution in [1.82, 2.24) is 4.98 Å². The molecule has 1 heterocycles. The lowest BCUT2D eigenvalue weighted by Crippen LogP contribution is -2.17. The maximum absolute atomic E-state index is 13.0. The van der Waals surface area contributed by atoms with Gasteiger partial charge in [0, 0.05) is 6.20 Å². The van der Waals surface area contributed by atoms with Crippen molar-refractivity contribution in [2.75, 3.05) is 4.72 Å². The maximum Gasteiger partial charge on any atom is 0.337 e. The number of sulfonamides is 1. The van der Waals surface area contributed by atoms with Crippen LogP contribution >= 0.6 is 0 Å². The smallest absolute Gasteiger partial charge is 0.337 e. The Balaban J connectivity index is 2.45. The number of nitrogens with zero attached hydrogens (tertiary/aromatic N) is 1. The largest absolute Gasteiger partial charge is 0.478 e. The van der Waals surface area contributed by atoms with Gasteiger partial charge < -0.3 is 5.11 Å². The molecule has 21 heavy (non-hydrogen) atoms. The third kappa shape index (κ3) is 3.16. The molecule has 0 aliphatic carbocycles. The van der Waals surface area contributed by atoms with Gasteiger partial charge in [-0.05, 0) is 36.8 Å². The van der Waals surface area contributed by atoms with Gasteiger partial charge in [-0.2, -0.15) is 0 Å². The number of hydrogen-bond acceptors (Lipinski definition) is 4. The third-order valence-corrected chi connectivity index (χ3v) is 4.25. The van der Waals surface area contributed by atoms with E-state index in [1.54, 1.807) is 0 Å². The van der Waals surface area contributed by atoms with Crippen LogP contribution in [0, 0.1) is 12.7 Å². The van der Waals surface area contributed by atoms with Crippen LogP contribution < -0.4 is 4.72 Å². The quantitative estimate of drug-likeness (QED) is 0.900. The summed E-state index contributed by atoms with van der Waals surface area (Å²) in [5, 5.41) is 9.01. The lowest BCUT2D eigenvalue weighted by molar-refractivity contribution is 0.0698. The van der Waals surface area contributed by atoms with Crippen LogP contribution in [-0.2, 0) is 10.0 Å². The number of anilines is 1. The number of halogens is 1. The fourth-order valence-corrected chi connectivity index (χ4v) is 3.07. The molecule has 2 rings (SSSR count). The summed E-state index contributed by atoms with van der Waals surface area (Å²) in [4.78, 5) is 14.6. The summed E-state index contributed by atoms with van der Waals surface area (Å²) in [6.45, 7) is 1.44. The molecule has 0 amide bonds. The summed E-state index contributed by atoms with van der Waals surface area (Å²) in [6.07, 6.45) is 2.34. The van der Waals surface area contributed by atoms with Crippen LogP contribution in [0.5, 0.6) is 0 Å². The average Bonchev–Trinajstić information content (AvgIpc) is 2.37. The molecule has 0 saturated heterocycles. The Bertz CT molecular complexity index is 806. The second-order valence-electron chi connectivity index (χ2n) is 4.24. The summed E-state index contributed by atoms with van der Waals surface area (Å²) >= 11 is 0. The Morgan fingerprint density at radius 1 is 1.33 bits per heavy atom. The van der Waals surface area contributed by atoms with E-state index in [1.165, 1.54) is 19.2 Å². The minimum Gasteiger partial charge on any atom is -0.478 e. The van der Waals surface area contributed by atoms with E-state index >= 15 is 0 Å². The molecule has 2 N–H and O–H groups in total. The van der Waals surface area contributed by atoms with Gasteiger partial charge in [0.15, 0.2) is 0 Å². The molecule has 110 valence electrons. The number of aromatic carboxylic acids is 1. The summed E-state index contributed by atoms with van der Waals surface area (Å²) in [5.41, 5.74) is -0.176. The van der Waals surface area contributed by atoms with Gasteiger partial charge in [0.2, 0.25) is 0 Å². The van der Waals surface area contributed by atoms with E-state index in [0.717, 1.165) is 24.4 Å². The molecular weight excluding hydrogens is 299 g/mol. The van der Waals surface area contributed by atoms with Crippen molar-refractivity contribution in [3.8, 4) is 0 Å². The van der Waals surface area contributed by atoms with Crippen molar-refractivity contribution in [1.29, 1.82) is 0 Å². The van der Waals surface area contributed by atoms with Crippen LogP contribution in [0.4, 0.5) is 10.1 Å². The van der Waals surface area contributed by atoms with Crippen molar-refractivity contribution >= 4 is 21.7 Å². The number of carbonyl (C=O) groups is 1.